The zero-order chi connectivity index (χ0) is 28.0. The van der Waals surface area contributed by atoms with Gasteiger partial charge in [0.05, 0.1) is 11.4 Å². The number of hydrogen-bond acceptors (Lipinski definition) is 3. The molecule has 38 heavy (non-hydrogen) atoms. The Hall–Kier alpha value is -1.59. The molecule has 0 heterocycles. The number of rotatable bonds is 5. The number of halogens is 2. The van der Waals surface area contributed by atoms with E-state index >= 15 is 0 Å². The van der Waals surface area contributed by atoms with Crippen molar-refractivity contribution in [2.24, 2.45) is 15.0 Å². The maximum absolute atomic E-state index is 4.97. The molecule has 0 atom stereocenters. The second-order valence-corrected chi connectivity index (χ2v) is 13.7. The molecule has 0 aliphatic heterocycles. The molecule has 0 saturated heterocycles. The third kappa shape index (κ3) is 11.7. The standard InChI is InChI=1S/C28H30N3.C3H5.2BrH.Co.Pd/c1-18-11-8-12-19(2)26(18)29-17-25(31-28-22(5)15-10-16-23(28)6)24(7)30-27-20(3)13-9-14-21(27)4;1-3-2;;;;/h8-16H,1-7H3;3H,1-2H2;2*1H;;/q2*-1;;;+2;/p-2. The fourth-order valence-corrected chi connectivity index (χ4v) is 3.57. The molecule has 3 aromatic rings. The van der Waals surface area contributed by atoms with E-state index in [1.807, 2.05) is 13.0 Å². The summed E-state index contributed by atoms with van der Waals surface area (Å²) in [6.45, 7) is 20.9. The van der Waals surface area contributed by atoms with Crippen molar-refractivity contribution in [1.29, 1.82) is 0 Å². The molecule has 0 saturated carbocycles. The van der Waals surface area contributed by atoms with E-state index in [2.05, 4.69) is 138 Å². The number of nitrogens with zero attached hydrogens (tertiary/aromatic N) is 3. The molecule has 0 aliphatic carbocycles. The van der Waals surface area contributed by atoms with Gasteiger partial charge in [-0.2, -0.15) is 0 Å². The first-order chi connectivity index (χ1) is 17.6. The molecule has 0 bridgehead atoms. The van der Waals surface area contributed by atoms with Crippen LogP contribution in [0.5, 0.6) is 0 Å². The van der Waals surface area contributed by atoms with E-state index in [0.717, 1.165) is 67.3 Å². The van der Waals surface area contributed by atoms with E-state index < -0.39 is 0 Å². The number of para-hydroxylation sites is 3. The summed E-state index contributed by atoms with van der Waals surface area (Å²) in [5.41, 5.74) is 11.0. The molecule has 0 unspecified atom stereocenters. The summed E-state index contributed by atoms with van der Waals surface area (Å²) in [5, 5.41) is 0. The molecular formula is C31H35Br2CoN3Pd-2. The van der Waals surface area contributed by atoms with Crippen molar-refractivity contribution in [2.45, 2.75) is 48.5 Å². The van der Waals surface area contributed by atoms with Crippen LogP contribution in [0.3, 0.4) is 0 Å². The van der Waals surface area contributed by atoms with Gasteiger partial charge in [0.15, 0.2) is 0 Å². The molecule has 0 spiro atoms. The van der Waals surface area contributed by atoms with Crippen LogP contribution in [0, 0.1) is 48.5 Å². The summed E-state index contributed by atoms with van der Waals surface area (Å²) in [6, 6.07) is 18.6. The smallest absolute Gasteiger partial charge is 0 e. The minimum atomic E-state index is 0. The Bertz CT molecular complexity index is 1220. The van der Waals surface area contributed by atoms with Gasteiger partial charge in [0.1, 0.15) is 0 Å². The maximum atomic E-state index is 4.97. The van der Waals surface area contributed by atoms with Gasteiger partial charge >= 0.3 is 39.5 Å². The molecule has 0 fully saturated rings. The average Bonchev–Trinajstić information content (AvgIpc) is 2.83. The van der Waals surface area contributed by atoms with Crippen LogP contribution in [0.2, 0.25) is 0 Å². The van der Waals surface area contributed by atoms with Gasteiger partial charge < -0.3 is 9.98 Å². The quantitative estimate of drug-likeness (QED) is 0.141. The third-order valence-electron chi connectivity index (χ3n) is 5.44. The van der Waals surface area contributed by atoms with Crippen LogP contribution in [0.15, 0.2) is 82.2 Å². The van der Waals surface area contributed by atoms with E-state index in [1.54, 1.807) is 0 Å². The number of hydrogen-bond donors (Lipinski definition) is 0. The molecule has 0 amide bonds. The Labute approximate surface area is 263 Å². The number of aryl methyl sites for hydroxylation is 6. The fraction of sp³-hybridized carbons (Fsp3) is 0.226. The number of benzene rings is 3. The number of aliphatic imine (C=N–C) groups is 3. The molecule has 0 aliphatic rings. The molecule has 209 valence electrons. The first-order valence-electron chi connectivity index (χ1n) is 11.6. The van der Waals surface area contributed by atoms with Gasteiger partial charge in [-0.1, -0.05) is 78.9 Å². The first-order valence-corrected chi connectivity index (χ1v) is 16.8. The summed E-state index contributed by atoms with van der Waals surface area (Å²) in [6.07, 6.45) is 4.72. The predicted octanol–water partition coefficient (Wildman–Crippen LogP) is 10.4. The van der Waals surface area contributed by atoms with Crippen molar-refractivity contribution in [2.75, 3.05) is 0 Å². The second kappa shape index (κ2) is 19.5. The Morgan fingerprint density at radius 3 is 1.37 bits per heavy atom. The van der Waals surface area contributed by atoms with Crippen LogP contribution in [0.1, 0.15) is 40.3 Å². The minimum absolute atomic E-state index is 0. The van der Waals surface area contributed by atoms with E-state index in [1.165, 1.54) is 6.08 Å². The van der Waals surface area contributed by atoms with Crippen molar-refractivity contribution in [3.63, 3.8) is 0 Å². The summed E-state index contributed by atoms with van der Waals surface area (Å²) < 4.78 is 0. The van der Waals surface area contributed by atoms with Gasteiger partial charge in [-0.3, -0.25) is 4.99 Å². The normalized spacial score (nSPS) is 11.2. The van der Waals surface area contributed by atoms with Crippen LogP contribution in [0.4, 0.5) is 17.1 Å². The number of allylic oxidation sites excluding steroid dienone is 1. The molecule has 0 N–H and O–H groups in total. The summed E-state index contributed by atoms with van der Waals surface area (Å²) in [7, 11) is 0. The van der Waals surface area contributed by atoms with Crippen LogP contribution >= 0.6 is 28.3 Å². The van der Waals surface area contributed by atoms with E-state index in [4.69, 9.17) is 15.0 Å². The monoisotopic (exact) mass is 772 g/mol. The Morgan fingerprint density at radius 2 is 1.03 bits per heavy atom. The third-order valence-corrected chi connectivity index (χ3v) is 5.44. The molecule has 3 aromatic carbocycles. The van der Waals surface area contributed by atoms with Crippen molar-refractivity contribution in [3.8, 4) is 0 Å². The van der Waals surface area contributed by atoms with Crippen LogP contribution in [-0.2, 0) is 31.5 Å². The zero-order valence-corrected chi connectivity index (χ0v) is 28.7. The van der Waals surface area contributed by atoms with Crippen LogP contribution < -0.4 is 0 Å². The Morgan fingerprint density at radius 1 is 0.737 bits per heavy atom. The largest absolute Gasteiger partial charge is 0 e. The van der Waals surface area contributed by atoms with Crippen molar-refractivity contribution >= 4 is 63.0 Å². The van der Waals surface area contributed by atoms with Gasteiger partial charge in [0.2, 0.25) is 0 Å². The molecule has 0 radical (unpaired) electrons. The fourth-order valence-electron chi connectivity index (χ4n) is 3.57. The summed E-state index contributed by atoms with van der Waals surface area (Å²) >= 11 is 7.12. The molecular weight excluding hydrogens is 740 g/mol. The Kier molecular flexibility index (Phi) is 18.6. The zero-order valence-electron chi connectivity index (χ0n) is 22.9. The Balaban J connectivity index is 0.00000179. The minimum Gasteiger partial charge on any atom is 0 e. The topological polar surface area (TPSA) is 37.1 Å². The molecule has 7 heteroatoms. The van der Waals surface area contributed by atoms with Crippen LogP contribution in [-0.4, -0.2) is 17.6 Å². The van der Waals surface area contributed by atoms with E-state index in [-0.39, 0.29) is 20.4 Å². The molecule has 3 nitrogen and oxygen atoms in total. The van der Waals surface area contributed by atoms with Gasteiger partial charge in [0, 0.05) is 20.4 Å². The summed E-state index contributed by atoms with van der Waals surface area (Å²) in [4.78, 5) is 14.6. The second-order valence-electron chi connectivity index (χ2n) is 8.44. The van der Waals surface area contributed by atoms with Crippen molar-refractivity contribution in [3.05, 3.63) is 108 Å². The maximum Gasteiger partial charge on any atom is 0 e. The SMILES string of the molecule is C=C[CH2-].CC(=Nc1c(C)cccc1C)C([C-]=Nc1c(C)cccc1C)=Nc1c(C)cccc1C.[Br][Co][Br].[Pd]. The first kappa shape index (κ1) is 36.4. The van der Waals surface area contributed by atoms with E-state index in [9.17, 15) is 0 Å². The van der Waals surface area contributed by atoms with Gasteiger partial charge in [-0.15, -0.1) is 0 Å². The van der Waals surface area contributed by atoms with Gasteiger partial charge in [-0.05, 0) is 80.9 Å². The molecule has 3 rings (SSSR count). The van der Waals surface area contributed by atoms with E-state index in [0.29, 0.717) is 5.71 Å². The van der Waals surface area contributed by atoms with Gasteiger partial charge in [-0.25, -0.2) is 19.6 Å². The van der Waals surface area contributed by atoms with Crippen molar-refractivity contribution < 1.29 is 31.5 Å². The van der Waals surface area contributed by atoms with Gasteiger partial charge in [0.25, 0.3) is 0 Å². The molecule has 0 aromatic heterocycles. The van der Waals surface area contributed by atoms with Crippen molar-refractivity contribution in [1.82, 2.24) is 0 Å². The summed E-state index contributed by atoms with van der Waals surface area (Å²) in [5.74, 6) is 0. The average molecular weight is 775 g/mol. The van der Waals surface area contributed by atoms with Crippen LogP contribution in [0.25, 0.3) is 0 Å². The predicted molar refractivity (Wildman–Crippen MR) is 168 cm³/mol.